The molecule has 2 aromatic rings. The number of rotatable bonds is 6. The van der Waals surface area contributed by atoms with E-state index >= 15 is 0 Å². The molecule has 0 aliphatic heterocycles. The molecule has 3 N–H and O–H groups in total. The molecular weight excluding hydrogens is 463 g/mol. The van der Waals surface area contributed by atoms with Crippen molar-refractivity contribution in [1.29, 1.82) is 0 Å². The molecule has 0 spiro atoms. The predicted molar refractivity (Wildman–Crippen MR) is 119 cm³/mol. The first kappa shape index (κ1) is 22.2. The Balaban J connectivity index is 0.00000338. The van der Waals surface area contributed by atoms with Crippen molar-refractivity contribution in [1.82, 2.24) is 16.0 Å². The Morgan fingerprint density at radius 1 is 1.08 bits per heavy atom. The molecule has 0 radical (unpaired) electrons. The molecule has 0 saturated heterocycles. The molecule has 0 heterocycles. The fourth-order valence-corrected chi connectivity index (χ4v) is 2.60. The molecule has 2 aromatic carbocycles. The minimum atomic E-state index is -0.0918. The van der Waals surface area contributed by atoms with Gasteiger partial charge < -0.3 is 16.0 Å². The molecular formula is C19H24ClIN4O. The summed E-state index contributed by atoms with van der Waals surface area (Å²) in [5, 5.41) is 9.89. The van der Waals surface area contributed by atoms with Crippen LogP contribution in [0.4, 0.5) is 0 Å². The number of amides is 1. The number of hydrogen-bond acceptors (Lipinski definition) is 2. The molecule has 0 unspecified atom stereocenters. The molecule has 2 rings (SSSR count). The third-order valence-electron chi connectivity index (χ3n) is 3.69. The van der Waals surface area contributed by atoms with Gasteiger partial charge in [0.2, 0.25) is 0 Å². The number of benzene rings is 2. The lowest BCUT2D eigenvalue weighted by molar-refractivity contribution is 0.0963. The number of carbonyl (C=O) groups is 1. The van der Waals surface area contributed by atoms with Gasteiger partial charge in [-0.05, 0) is 41.8 Å². The Hall–Kier alpha value is -1.80. The topological polar surface area (TPSA) is 65.5 Å². The monoisotopic (exact) mass is 486 g/mol. The number of hydrogen-bond donors (Lipinski definition) is 3. The van der Waals surface area contributed by atoms with Crippen LogP contribution in [-0.2, 0) is 13.0 Å². The first-order valence-electron chi connectivity index (χ1n) is 8.12. The van der Waals surface area contributed by atoms with Crippen LogP contribution in [0.3, 0.4) is 0 Å². The van der Waals surface area contributed by atoms with Gasteiger partial charge in [-0.2, -0.15) is 0 Å². The summed E-state index contributed by atoms with van der Waals surface area (Å²) in [6, 6.07) is 15.3. The van der Waals surface area contributed by atoms with Gasteiger partial charge in [0.15, 0.2) is 5.96 Å². The van der Waals surface area contributed by atoms with Crippen LogP contribution in [0.15, 0.2) is 53.5 Å². The van der Waals surface area contributed by atoms with Crippen molar-refractivity contribution in [2.75, 3.05) is 20.6 Å². The molecule has 0 aromatic heterocycles. The number of nitrogens with zero attached hydrogens (tertiary/aromatic N) is 1. The molecule has 26 heavy (non-hydrogen) atoms. The van der Waals surface area contributed by atoms with Gasteiger partial charge in [0.05, 0.1) is 0 Å². The van der Waals surface area contributed by atoms with Gasteiger partial charge in [0.1, 0.15) is 0 Å². The third-order valence-corrected chi connectivity index (χ3v) is 3.93. The second-order valence-electron chi connectivity index (χ2n) is 5.51. The standard InChI is InChI=1S/C19H23ClN4O.HI/c1-21-18(25)16-7-3-6-15(11-16)13-24-19(22-2)23-10-9-14-5-4-8-17(20)12-14;/h3-8,11-12H,9-10,13H2,1-2H3,(H,21,25)(H2,22,23,24);1H. The van der Waals surface area contributed by atoms with Crippen LogP contribution in [-0.4, -0.2) is 32.5 Å². The van der Waals surface area contributed by atoms with E-state index in [1.807, 2.05) is 42.5 Å². The summed E-state index contributed by atoms with van der Waals surface area (Å²) in [5.74, 6) is 0.623. The van der Waals surface area contributed by atoms with Crippen LogP contribution in [0.2, 0.25) is 5.02 Å². The Morgan fingerprint density at radius 2 is 1.81 bits per heavy atom. The highest BCUT2D eigenvalue weighted by molar-refractivity contribution is 14.0. The van der Waals surface area contributed by atoms with E-state index in [4.69, 9.17) is 11.6 Å². The van der Waals surface area contributed by atoms with Crippen molar-refractivity contribution in [2.45, 2.75) is 13.0 Å². The zero-order valence-corrected chi connectivity index (χ0v) is 18.0. The molecule has 0 saturated carbocycles. The van der Waals surface area contributed by atoms with Gasteiger partial charge in [-0.25, -0.2) is 0 Å². The van der Waals surface area contributed by atoms with Crippen LogP contribution >= 0.6 is 35.6 Å². The van der Waals surface area contributed by atoms with E-state index in [0.29, 0.717) is 18.1 Å². The Labute approximate surface area is 176 Å². The molecule has 1 amide bonds. The molecule has 0 aliphatic rings. The Bertz CT molecular complexity index is 752. The number of nitrogens with one attached hydrogen (secondary N) is 3. The van der Waals surface area contributed by atoms with Crippen LogP contribution in [0.1, 0.15) is 21.5 Å². The second kappa shape index (κ2) is 11.7. The lowest BCUT2D eigenvalue weighted by Crippen LogP contribution is -2.37. The van der Waals surface area contributed by atoms with Gasteiger partial charge >= 0.3 is 0 Å². The number of aliphatic imine (C=N–C) groups is 1. The fraction of sp³-hybridized carbons (Fsp3) is 0.263. The predicted octanol–water partition coefficient (Wildman–Crippen LogP) is 3.23. The number of guanidine groups is 1. The average Bonchev–Trinajstić information content (AvgIpc) is 2.64. The lowest BCUT2D eigenvalue weighted by atomic mass is 10.1. The van der Waals surface area contributed by atoms with Crippen molar-refractivity contribution in [2.24, 2.45) is 4.99 Å². The highest BCUT2D eigenvalue weighted by Gasteiger charge is 2.04. The highest BCUT2D eigenvalue weighted by Crippen LogP contribution is 2.10. The molecule has 0 bridgehead atoms. The van der Waals surface area contributed by atoms with Gasteiger partial charge in [-0.3, -0.25) is 9.79 Å². The number of carbonyl (C=O) groups excluding carboxylic acids is 1. The summed E-state index contributed by atoms with van der Waals surface area (Å²) < 4.78 is 0. The van der Waals surface area contributed by atoms with Crippen LogP contribution in [0, 0.1) is 0 Å². The molecule has 0 aliphatic carbocycles. The van der Waals surface area contributed by atoms with E-state index in [-0.39, 0.29) is 29.9 Å². The van der Waals surface area contributed by atoms with Crippen LogP contribution in [0.5, 0.6) is 0 Å². The van der Waals surface area contributed by atoms with E-state index in [1.54, 1.807) is 20.2 Å². The van der Waals surface area contributed by atoms with Crippen LogP contribution in [0.25, 0.3) is 0 Å². The maximum absolute atomic E-state index is 11.7. The summed E-state index contributed by atoms with van der Waals surface area (Å²) in [5.41, 5.74) is 2.83. The lowest BCUT2D eigenvalue weighted by Gasteiger charge is -2.12. The summed E-state index contributed by atoms with van der Waals surface area (Å²) in [6.45, 7) is 1.33. The summed E-state index contributed by atoms with van der Waals surface area (Å²) in [7, 11) is 3.36. The zero-order valence-electron chi connectivity index (χ0n) is 14.9. The molecule has 7 heteroatoms. The van der Waals surface area contributed by atoms with Crippen molar-refractivity contribution in [3.05, 3.63) is 70.2 Å². The average molecular weight is 487 g/mol. The van der Waals surface area contributed by atoms with Crippen molar-refractivity contribution < 1.29 is 4.79 Å². The van der Waals surface area contributed by atoms with E-state index in [0.717, 1.165) is 23.6 Å². The second-order valence-corrected chi connectivity index (χ2v) is 5.95. The zero-order chi connectivity index (χ0) is 18.1. The summed E-state index contributed by atoms with van der Waals surface area (Å²) in [4.78, 5) is 15.9. The van der Waals surface area contributed by atoms with E-state index in [2.05, 4.69) is 20.9 Å². The molecule has 140 valence electrons. The highest BCUT2D eigenvalue weighted by atomic mass is 127. The van der Waals surface area contributed by atoms with E-state index < -0.39 is 0 Å². The molecule has 5 nitrogen and oxygen atoms in total. The van der Waals surface area contributed by atoms with Gasteiger partial charge in [0.25, 0.3) is 5.91 Å². The molecule has 0 fully saturated rings. The smallest absolute Gasteiger partial charge is 0.251 e. The van der Waals surface area contributed by atoms with Crippen molar-refractivity contribution in [3.8, 4) is 0 Å². The van der Waals surface area contributed by atoms with Crippen molar-refractivity contribution in [3.63, 3.8) is 0 Å². The maximum Gasteiger partial charge on any atom is 0.251 e. The first-order chi connectivity index (χ1) is 12.1. The minimum Gasteiger partial charge on any atom is -0.356 e. The minimum absolute atomic E-state index is 0. The first-order valence-corrected chi connectivity index (χ1v) is 8.50. The normalized spacial score (nSPS) is 10.7. The maximum atomic E-state index is 11.7. The SMILES string of the molecule is CN=C(NCCc1cccc(Cl)c1)NCc1cccc(C(=O)NC)c1.I. The van der Waals surface area contributed by atoms with E-state index in [1.165, 1.54) is 5.56 Å². The fourth-order valence-electron chi connectivity index (χ4n) is 2.39. The summed E-state index contributed by atoms with van der Waals surface area (Å²) in [6.07, 6.45) is 0.855. The largest absolute Gasteiger partial charge is 0.356 e. The van der Waals surface area contributed by atoms with Crippen LogP contribution < -0.4 is 16.0 Å². The Morgan fingerprint density at radius 3 is 2.50 bits per heavy atom. The van der Waals surface area contributed by atoms with Gasteiger partial charge in [-0.15, -0.1) is 24.0 Å². The van der Waals surface area contributed by atoms with E-state index in [9.17, 15) is 4.79 Å². The van der Waals surface area contributed by atoms with Gasteiger partial charge in [-0.1, -0.05) is 35.9 Å². The Kier molecular flexibility index (Phi) is 10.0. The third kappa shape index (κ3) is 7.21. The quantitative estimate of drug-likeness (QED) is 0.334. The van der Waals surface area contributed by atoms with Gasteiger partial charge in [0, 0.05) is 37.8 Å². The molecule has 0 atom stereocenters. The number of halogens is 2. The summed E-state index contributed by atoms with van der Waals surface area (Å²) >= 11 is 5.99. The van der Waals surface area contributed by atoms with Crippen molar-refractivity contribution >= 4 is 47.4 Å².